The average molecular weight is 478 g/mol. The highest BCUT2D eigenvalue weighted by molar-refractivity contribution is 7.94. The van der Waals surface area contributed by atoms with E-state index in [1.807, 2.05) is 20.8 Å². The van der Waals surface area contributed by atoms with E-state index < -0.39 is 26.9 Å². The van der Waals surface area contributed by atoms with Crippen molar-refractivity contribution in [2.45, 2.75) is 76.2 Å². The van der Waals surface area contributed by atoms with E-state index in [1.54, 1.807) is 32.0 Å². The molecule has 0 fully saturated rings. The summed E-state index contributed by atoms with van der Waals surface area (Å²) >= 11 is 0. The number of sulfone groups is 1. The number of nitrogens with one attached hydrogen (secondary N) is 2. The normalized spacial score (nSPS) is 12.2. The molecule has 2 N–H and O–H groups in total. The maximum absolute atomic E-state index is 12.7. The molecule has 0 radical (unpaired) electrons. The van der Waals surface area contributed by atoms with Crippen LogP contribution in [0.5, 0.6) is 0 Å². The van der Waals surface area contributed by atoms with Crippen LogP contribution in [0.2, 0.25) is 0 Å². The van der Waals surface area contributed by atoms with Gasteiger partial charge in [-0.1, -0.05) is 25.0 Å². The number of ether oxygens (including phenoxy) is 1. The van der Waals surface area contributed by atoms with Gasteiger partial charge in [0.25, 0.3) is 0 Å². The summed E-state index contributed by atoms with van der Waals surface area (Å²) in [7, 11) is -3.68. The molecule has 0 aliphatic heterocycles. The van der Waals surface area contributed by atoms with Crippen LogP contribution in [0.15, 0.2) is 40.6 Å². The molecule has 2 amide bonds. The first kappa shape index (κ1) is 28.2. The highest BCUT2D eigenvalue weighted by Crippen LogP contribution is 2.25. The summed E-state index contributed by atoms with van der Waals surface area (Å²) in [4.78, 5) is 24.3. The first-order valence-electron chi connectivity index (χ1n) is 11.0. The molecule has 0 bridgehead atoms. The van der Waals surface area contributed by atoms with Crippen LogP contribution in [0.3, 0.4) is 0 Å². The zero-order valence-corrected chi connectivity index (χ0v) is 20.9. The highest BCUT2D eigenvalue weighted by atomic mass is 32.2. The maximum Gasteiger partial charge on any atom is 0.407 e. The van der Waals surface area contributed by atoms with Gasteiger partial charge >= 0.3 is 6.09 Å². The van der Waals surface area contributed by atoms with Crippen LogP contribution in [0.25, 0.3) is 0 Å². The predicted molar refractivity (Wildman–Crippen MR) is 127 cm³/mol. The number of unbranched alkanes of at least 4 members (excludes halogenated alkanes) is 3. The van der Waals surface area contributed by atoms with Crippen LogP contribution in [0.4, 0.5) is 4.79 Å². The SMILES string of the molecule is CC(C)(C)OC(=O)NCCCCCCNC(=O)C(C)(C)c1ccc(S(=O)(=O)/C=C/C#N)cc1. The number of nitriles is 1. The largest absolute Gasteiger partial charge is 0.444 e. The van der Waals surface area contributed by atoms with Crippen molar-refractivity contribution in [3.05, 3.63) is 41.3 Å². The number of rotatable bonds is 11. The number of amides is 2. The summed E-state index contributed by atoms with van der Waals surface area (Å²) in [6.45, 7) is 10.1. The van der Waals surface area contributed by atoms with Gasteiger partial charge < -0.3 is 15.4 Å². The van der Waals surface area contributed by atoms with Crippen LogP contribution >= 0.6 is 0 Å². The van der Waals surface area contributed by atoms with Gasteiger partial charge in [0.15, 0.2) is 0 Å². The molecule has 182 valence electrons. The molecule has 0 aromatic heterocycles. The smallest absolute Gasteiger partial charge is 0.407 e. The number of hydrogen-bond acceptors (Lipinski definition) is 6. The molecule has 1 aromatic rings. The zero-order chi connectivity index (χ0) is 25.1. The van der Waals surface area contributed by atoms with Crippen LogP contribution in [-0.4, -0.2) is 39.1 Å². The predicted octanol–water partition coefficient (Wildman–Crippen LogP) is 3.98. The Morgan fingerprint density at radius 3 is 2.03 bits per heavy atom. The van der Waals surface area contributed by atoms with Crippen molar-refractivity contribution < 1.29 is 22.7 Å². The minimum Gasteiger partial charge on any atom is -0.444 e. The molecule has 8 nitrogen and oxygen atoms in total. The van der Waals surface area contributed by atoms with Crippen molar-refractivity contribution in [1.82, 2.24) is 10.6 Å². The summed E-state index contributed by atoms with van der Waals surface area (Å²) in [5, 5.41) is 15.0. The molecule has 0 heterocycles. The Kier molecular flexibility index (Phi) is 10.6. The second-order valence-electron chi connectivity index (χ2n) is 9.23. The van der Waals surface area contributed by atoms with Gasteiger partial charge in [0.2, 0.25) is 15.7 Å². The number of carbonyl (C=O) groups excluding carboxylic acids is 2. The highest BCUT2D eigenvalue weighted by Gasteiger charge is 2.29. The molecule has 0 unspecified atom stereocenters. The fraction of sp³-hybridized carbons (Fsp3) is 0.542. The number of benzene rings is 1. The van der Waals surface area contributed by atoms with Gasteiger partial charge in [-0.05, 0) is 65.2 Å². The summed E-state index contributed by atoms with van der Waals surface area (Å²) in [5.74, 6) is -0.144. The van der Waals surface area contributed by atoms with Gasteiger partial charge in [0.1, 0.15) is 5.60 Å². The lowest BCUT2D eigenvalue weighted by atomic mass is 9.84. The van der Waals surface area contributed by atoms with E-state index >= 15 is 0 Å². The van der Waals surface area contributed by atoms with Crippen LogP contribution in [0, 0.1) is 11.3 Å². The molecule has 33 heavy (non-hydrogen) atoms. The number of nitrogens with zero attached hydrogens (tertiary/aromatic N) is 1. The topological polar surface area (TPSA) is 125 Å². The lowest BCUT2D eigenvalue weighted by Gasteiger charge is -2.24. The molecule has 0 atom stereocenters. The third kappa shape index (κ3) is 10.1. The molecule has 1 aromatic carbocycles. The Hall–Kier alpha value is -2.86. The van der Waals surface area contributed by atoms with Crippen molar-refractivity contribution >= 4 is 21.8 Å². The average Bonchev–Trinajstić information content (AvgIpc) is 2.72. The van der Waals surface area contributed by atoms with E-state index in [4.69, 9.17) is 10.00 Å². The van der Waals surface area contributed by atoms with Gasteiger partial charge in [0.05, 0.1) is 16.4 Å². The number of hydrogen-bond donors (Lipinski definition) is 2. The third-order valence-corrected chi connectivity index (χ3v) is 6.27. The van der Waals surface area contributed by atoms with E-state index in [0.29, 0.717) is 18.7 Å². The van der Waals surface area contributed by atoms with Crippen molar-refractivity contribution in [3.63, 3.8) is 0 Å². The Morgan fingerprint density at radius 1 is 0.970 bits per heavy atom. The number of alkyl carbamates (subject to hydrolysis) is 1. The fourth-order valence-corrected chi connectivity index (χ4v) is 3.83. The second-order valence-corrected chi connectivity index (χ2v) is 11.1. The summed E-state index contributed by atoms with van der Waals surface area (Å²) in [6, 6.07) is 7.77. The lowest BCUT2D eigenvalue weighted by molar-refractivity contribution is -0.125. The molecular weight excluding hydrogens is 442 g/mol. The molecule has 1 rings (SSSR count). The summed E-state index contributed by atoms with van der Waals surface area (Å²) in [6.07, 6.45) is 3.98. The number of carbonyl (C=O) groups is 2. The molecule has 0 spiro atoms. The molecule has 0 saturated carbocycles. The Labute approximate surface area is 197 Å². The van der Waals surface area contributed by atoms with Crippen LogP contribution in [0.1, 0.15) is 65.9 Å². The van der Waals surface area contributed by atoms with Crippen molar-refractivity contribution in [2.24, 2.45) is 0 Å². The van der Waals surface area contributed by atoms with Crippen LogP contribution in [-0.2, 0) is 24.8 Å². The van der Waals surface area contributed by atoms with Crippen molar-refractivity contribution in [2.75, 3.05) is 13.1 Å². The molecular formula is C24H35N3O5S. The Balaban J connectivity index is 2.41. The molecule has 0 saturated heterocycles. The van der Waals surface area contributed by atoms with Gasteiger partial charge in [-0.3, -0.25) is 4.79 Å². The fourth-order valence-electron chi connectivity index (χ4n) is 2.92. The Bertz CT molecular complexity index is 969. The van der Waals surface area contributed by atoms with Gasteiger partial charge in [-0.15, -0.1) is 0 Å². The number of allylic oxidation sites excluding steroid dienone is 1. The monoisotopic (exact) mass is 477 g/mol. The first-order valence-corrected chi connectivity index (χ1v) is 12.5. The van der Waals surface area contributed by atoms with E-state index in [-0.39, 0.29) is 10.8 Å². The van der Waals surface area contributed by atoms with E-state index in [0.717, 1.165) is 37.2 Å². The van der Waals surface area contributed by atoms with Gasteiger partial charge in [-0.2, -0.15) is 5.26 Å². The lowest BCUT2D eigenvalue weighted by Crippen LogP contribution is -2.40. The first-order chi connectivity index (χ1) is 15.3. The molecule has 9 heteroatoms. The standard InChI is InChI=1S/C24H35N3O5S/c1-23(2,3)32-22(29)27-17-9-7-6-8-16-26-21(28)24(4,5)19-11-13-20(14-12-19)33(30,31)18-10-15-25/h10-14,18H,6-9,16-17H2,1-5H3,(H,26,28)(H,27,29)/b18-10+. The third-order valence-electron chi connectivity index (χ3n) is 4.85. The minimum atomic E-state index is -3.68. The molecule has 0 aliphatic rings. The van der Waals surface area contributed by atoms with Gasteiger partial charge in [-0.25, -0.2) is 13.2 Å². The van der Waals surface area contributed by atoms with Crippen molar-refractivity contribution in [1.29, 1.82) is 5.26 Å². The van der Waals surface area contributed by atoms with E-state index in [1.165, 1.54) is 12.1 Å². The van der Waals surface area contributed by atoms with Gasteiger partial charge in [0, 0.05) is 24.6 Å². The van der Waals surface area contributed by atoms with Crippen molar-refractivity contribution in [3.8, 4) is 6.07 Å². The maximum atomic E-state index is 12.7. The second kappa shape index (κ2) is 12.4. The van der Waals surface area contributed by atoms with E-state index in [2.05, 4.69) is 10.6 Å². The Morgan fingerprint density at radius 2 is 1.52 bits per heavy atom. The quantitative estimate of drug-likeness (QED) is 0.367. The summed E-state index contributed by atoms with van der Waals surface area (Å²) in [5.41, 5.74) is -0.649. The summed E-state index contributed by atoms with van der Waals surface area (Å²) < 4.78 is 29.4. The zero-order valence-electron chi connectivity index (χ0n) is 20.1. The van der Waals surface area contributed by atoms with Crippen LogP contribution < -0.4 is 10.6 Å². The molecule has 0 aliphatic carbocycles. The minimum absolute atomic E-state index is 0.0649. The van der Waals surface area contributed by atoms with E-state index in [9.17, 15) is 18.0 Å².